The number of nitrogens with one attached hydrogen (secondary N) is 1. The van der Waals surface area contributed by atoms with Gasteiger partial charge < -0.3 is 19.5 Å². The number of hydrogen-bond acceptors (Lipinski definition) is 8. The molecule has 35 heavy (non-hydrogen) atoms. The van der Waals surface area contributed by atoms with Crippen molar-refractivity contribution < 1.29 is 4.74 Å². The van der Waals surface area contributed by atoms with Gasteiger partial charge in [0.2, 0.25) is 0 Å². The molecule has 7 rings (SSSR count). The highest BCUT2D eigenvalue weighted by atomic mass is 32.1. The second-order valence-electron chi connectivity index (χ2n) is 9.87. The minimum Gasteiger partial charge on any atom is -0.378 e. The van der Waals surface area contributed by atoms with Crippen LogP contribution in [0.25, 0.3) is 32.6 Å². The number of nitrogens with zero attached hydrogens (tertiary/aromatic N) is 6. The number of piperidine rings is 1. The average Bonchev–Trinajstić information content (AvgIpc) is 3.50. The van der Waals surface area contributed by atoms with Crippen LogP contribution in [0.3, 0.4) is 0 Å². The maximum absolute atomic E-state index is 5.62. The molecule has 3 aliphatic rings. The second-order valence-corrected chi connectivity index (χ2v) is 10.9. The summed E-state index contributed by atoms with van der Waals surface area (Å²) in [5.41, 5.74) is 3.10. The van der Waals surface area contributed by atoms with Crippen LogP contribution in [0.15, 0.2) is 30.5 Å². The molecule has 182 valence electrons. The zero-order chi connectivity index (χ0) is 23.2. The van der Waals surface area contributed by atoms with Crippen molar-refractivity contribution in [3.05, 3.63) is 35.5 Å². The van der Waals surface area contributed by atoms with Crippen LogP contribution in [0, 0.1) is 0 Å². The van der Waals surface area contributed by atoms with Crippen LogP contribution in [-0.4, -0.2) is 88.3 Å². The Morgan fingerprint density at radius 1 is 0.971 bits per heavy atom. The van der Waals surface area contributed by atoms with Crippen molar-refractivity contribution in [2.75, 3.05) is 57.4 Å². The maximum Gasteiger partial charge on any atom is 0.163 e. The topological polar surface area (TPSA) is 73.4 Å². The van der Waals surface area contributed by atoms with Crippen molar-refractivity contribution >= 4 is 38.4 Å². The van der Waals surface area contributed by atoms with Gasteiger partial charge in [-0.2, -0.15) is 0 Å². The van der Waals surface area contributed by atoms with Crippen molar-refractivity contribution in [3.63, 3.8) is 0 Å². The molecule has 0 saturated carbocycles. The molecule has 1 N–H and O–H groups in total. The minimum atomic E-state index is 0.719. The van der Waals surface area contributed by atoms with E-state index >= 15 is 0 Å². The van der Waals surface area contributed by atoms with Crippen LogP contribution in [-0.2, 0) is 11.3 Å². The first-order valence-corrected chi connectivity index (χ1v) is 13.7. The zero-order valence-corrected chi connectivity index (χ0v) is 20.8. The summed E-state index contributed by atoms with van der Waals surface area (Å²) >= 11 is 1.73. The van der Waals surface area contributed by atoms with E-state index in [1.54, 1.807) is 11.3 Å². The minimum absolute atomic E-state index is 0.719. The Morgan fingerprint density at radius 3 is 2.63 bits per heavy atom. The second kappa shape index (κ2) is 9.13. The number of aromatic nitrogens is 4. The molecule has 0 aliphatic carbocycles. The van der Waals surface area contributed by atoms with E-state index in [0.717, 1.165) is 95.4 Å². The van der Waals surface area contributed by atoms with E-state index in [9.17, 15) is 0 Å². The summed E-state index contributed by atoms with van der Waals surface area (Å²) in [6, 6.07) is 9.17. The number of thiazole rings is 1. The summed E-state index contributed by atoms with van der Waals surface area (Å²) in [7, 11) is 0. The molecule has 1 aromatic carbocycles. The summed E-state index contributed by atoms with van der Waals surface area (Å²) < 4.78 is 5.62. The van der Waals surface area contributed by atoms with Gasteiger partial charge in [0, 0.05) is 54.9 Å². The fraction of sp³-hybridized carbons (Fsp3) is 0.500. The predicted octanol–water partition coefficient (Wildman–Crippen LogP) is 3.74. The van der Waals surface area contributed by atoms with Gasteiger partial charge in [-0.3, -0.25) is 4.90 Å². The molecule has 0 radical (unpaired) electrons. The van der Waals surface area contributed by atoms with E-state index in [0.29, 0.717) is 0 Å². The molecule has 0 bridgehead atoms. The van der Waals surface area contributed by atoms with Crippen molar-refractivity contribution in [3.8, 4) is 11.4 Å². The third kappa shape index (κ3) is 4.10. The van der Waals surface area contributed by atoms with Gasteiger partial charge in [-0.15, -0.1) is 0 Å². The van der Waals surface area contributed by atoms with E-state index in [-0.39, 0.29) is 0 Å². The molecule has 3 fully saturated rings. The van der Waals surface area contributed by atoms with E-state index in [4.69, 9.17) is 19.7 Å². The van der Waals surface area contributed by atoms with E-state index in [1.165, 1.54) is 32.4 Å². The molecule has 9 heteroatoms. The number of hydrogen-bond donors (Lipinski definition) is 1. The van der Waals surface area contributed by atoms with Crippen LogP contribution < -0.4 is 4.90 Å². The Morgan fingerprint density at radius 2 is 1.83 bits per heavy atom. The van der Waals surface area contributed by atoms with Crippen LogP contribution in [0.4, 0.5) is 5.82 Å². The summed E-state index contributed by atoms with van der Waals surface area (Å²) in [4.78, 5) is 27.1. The number of benzene rings is 1. The zero-order valence-electron chi connectivity index (χ0n) is 19.9. The van der Waals surface area contributed by atoms with Gasteiger partial charge in [0.1, 0.15) is 15.4 Å². The van der Waals surface area contributed by atoms with Gasteiger partial charge in [0.25, 0.3) is 0 Å². The Balaban J connectivity index is 1.22. The van der Waals surface area contributed by atoms with Crippen molar-refractivity contribution in [1.29, 1.82) is 0 Å². The van der Waals surface area contributed by atoms with Gasteiger partial charge in [-0.05, 0) is 44.5 Å². The number of ether oxygens (including phenoxy) is 1. The molecule has 0 atom stereocenters. The average molecular weight is 490 g/mol. The Hall–Kier alpha value is -2.59. The standard InChI is InChI=1S/C26H31N7OS/c1-3-20(19-5-8-27-21(19)4-1)24-29-25(33-13-15-34-16-14-33)23-26(30-24)35-22(28-23)17-31-11-6-18(7-12-31)32-9-2-10-32/h1,3-5,8,18,27H,2,6-7,9-17H2. The molecule has 8 nitrogen and oxygen atoms in total. The lowest BCUT2D eigenvalue weighted by Crippen LogP contribution is -2.50. The molecule has 0 spiro atoms. The largest absolute Gasteiger partial charge is 0.378 e. The van der Waals surface area contributed by atoms with Crippen LogP contribution in [0.5, 0.6) is 0 Å². The number of likely N-dealkylation sites (tertiary alicyclic amines) is 2. The van der Waals surface area contributed by atoms with Crippen molar-refractivity contribution in [2.24, 2.45) is 0 Å². The van der Waals surface area contributed by atoms with Gasteiger partial charge in [0.15, 0.2) is 11.6 Å². The summed E-state index contributed by atoms with van der Waals surface area (Å²) in [6.07, 6.45) is 5.90. The summed E-state index contributed by atoms with van der Waals surface area (Å²) in [6.45, 7) is 8.90. The lowest BCUT2D eigenvalue weighted by atomic mass is 10.00. The van der Waals surface area contributed by atoms with E-state index in [2.05, 4.69) is 43.9 Å². The molecular formula is C26H31N7OS. The smallest absolute Gasteiger partial charge is 0.163 e. The summed E-state index contributed by atoms with van der Waals surface area (Å²) in [5, 5.41) is 2.29. The van der Waals surface area contributed by atoms with Gasteiger partial charge in [-0.1, -0.05) is 23.5 Å². The van der Waals surface area contributed by atoms with Gasteiger partial charge >= 0.3 is 0 Å². The fourth-order valence-corrected chi connectivity index (χ4v) is 6.63. The number of rotatable bonds is 5. The normalized spacial score (nSPS) is 20.6. The van der Waals surface area contributed by atoms with Crippen molar-refractivity contribution in [2.45, 2.75) is 31.8 Å². The number of aromatic amines is 1. The molecule has 4 aromatic rings. The first kappa shape index (κ1) is 21.7. The number of anilines is 1. The molecule has 0 amide bonds. The first-order chi connectivity index (χ1) is 17.3. The van der Waals surface area contributed by atoms with Crippen LogP contribution in [0.2, 0.25) is 0 Å². The lowest BCUT2D eigenvalue weighted by molar-refractivity contribution is 0.0612. The Labute approximate surface area is 208 Å². The molecule has 3 saturated heterocycles. The van der Waals surface area contributed by atoms with Gasteiger partial charge in [0.05, 0.1) is 19.8 Å². The number of fused-ring (bicyclic) bond motifs is 2. The first-order valence-electron chi connectivity index (χ1n) is 12.8. The predicted molar refractivity (Wildman–Crippen MR) is 140 cm³/mol. The van der Waals surface area contributed by atoms with Crippen molar-refractivity contribution in [1.82, 2.24) is 29.7 Å². The molecule has 3 aromatic heterocycles. The highest BCUT2D eigenvalue weighted by Gasteiger charge is 2.28. The highest BCUT2D eigenvalue weighted by molar-refractivity contribution is 7.18. The number of H-pyrrole nitrogens is 1. The highest BCUT2D eigenvalue weighted by Crippen LogP contribution is 2.34. The van der Waals surface area contributed by atoms with Crippen LogP contribution in [0.1, 0.15) is 24.3 Å². The number of morpholine rings is 1. The van der Waals surface area contributed by atoms with Gasteiger partial charge in [-0.25, -0.2) is 15.0 Å². The lowest BCUT2D eigenvalue weighted by Gasteiger charge is -2.42. The quantitative estimate of drug-likeness (QED) is 0.458. The Kier molecular flexibility index (Phi) is 5.65. The van der Waals surface area contributed by atoms with Crippen LogP contribution >= 0.6 is 11.3 Å². The molecule has 0 unspecified atom stereocenters. The van der Waals surface area contributed by atoms with E-state index in [1.807, 2.05) is 6.20 Å². The van der Waals surface area contributed by atoms with E-state index < -0.39 is 0 Å². The SMILES string of the molecule is c1cc(-c2nc(N3CCOCC3)c3nc(CN4CCC(N5CCC5)CC4)sc3n2)c2cc[nH]c2c1. The third-order valence-electron chi connectivity index (χ3n) is 7.75. The monoisotopic (exact) mass is 489 g/mol. The molecular weight excluding hydrogens is 458 g/mol. The summed E-state index contributed by atoms with van der Waals surface area (Å²) in [5.74, 6) is 1.72. The molecule has 3 aliphatic heterocycles. The fourth-order valence-electron chi connectivity index (χ4n) is 5.65. The molecule has 6 heterocycles. The third-order valence-corrected chi connectivity index (χ3v) is 8.69. The maximum atomic E-state index is 5.62. The Bertz CT molecular complexity index is 1330.